The summed E-state index contributed by atoms with van der Waals surface area (Å²) in [5.41, 5.74) is 2.59. The van der Waals surface area contributed by atoms with Crippen LogP contribution in [-0.2, 0) is 6.61 Å². The number of hydrogen-bond acceptors (Lipinski definition) is 2. The molecule has 1 N–H and O–H groups in total. The van der Waals surface area contributed by atoms with Gasteiger partial charge in [0.15, 0.2) is 0 Å². The molecule has 0 atom stereocenters. The van der Waals surface area contributed by atoms with Crippen LogP contribution in [0.1, 0.15) is 16.7 Å². The van der Waals surface area contributed by atoms with Crippen LogP contribution in [0.15, 0.2) is 30.3 Å². The topological polar surface area (TPSA) is 29.5 Å². The number of aliphatic hydroxyl groups excluding tert-OH is 1. The van der Waals surface area contributed by atoms with Gasteiger partial charge in [-0.3, -0.25) is 0 Å². The Morgan fingerprint density at radius 1 is 1.05 bits per heavy atom. The van der Waals surface area contributed by atoms with Crippen LogP contribution in [0.2, 0.25) is 10.0 Å². The molecule has 0 amide bonds. The van der Waals surface area contributed by atoms with Gasteiger partial charge in [-0.05, 0) is 49.2 Å². The molecule has 0 saturated heterocycles. The van der Waals surface area contributed by atoms with Crippen LogP contribution in [0.25, 0.3) is 0 Å². The van der Waals surface area contributed by atoms with Crippen LogP contribution in [-0.4, -0.2) is 5.11 Å². The molecule has 0 aliphatic carbocycles. The highest BCUT2D eigenvalue weighted by molar-refractivity contribution is 6.32. The molecule has 0 radical (unpaired) electrons. The van der Waals surface area contributed by atoms with Gasteiger partial charge in [0, 0.05) is 15.6 Å². The second kappa shape index (κ2) is 5.83. The van der Waals surface area contributed by atoms with Crippen molar-refractivity contribution < 1.29 is 9.84 Å². The van der Waals surface area contributed by atoms with Gasteiger partial charge in [0.2, 0.25) is 0 Å². The minimum Gasteiger partial charge on any atom is -0.457 e. The molecule has 0 spiro atoms. The van der Waals surface area contributed by atoms with Gasteiger partial charge < -0.3 is 9.84 Å². The molecule has 0 aliphatic heterocycles. The predicted molar refractivity (Wildman–Crippen MR) is 78.4 cm³/mol. The summed E-state index contributed by atoms with van der Waals surface area (Å²) in [5.74, 6) is 1.23. The van der Waals surface area contributed by atoms with Gasteiger partial charge in [0.25, 0.3) is 0 Å². The summed E-state index contributed by atoms with van der Waals surface area (Å²) in [6.45, 7) is 3.75. The van der Waals surface area contributed by atoms with Crippen LogP contribution >= 0.6 is 23.2 Å². The van der Waals surface area contributed by atoms with Crippen LogP contribution in [0.3, 0.4) is 0 Å². The number of aryl methyl sites for hydroxylation is 2. The lowest BCUT2D eigenvalue weighted by Crippen LogP contribution is -1.93. The highest BCUT2D eigenvalue weighted by Crippen LogP contribution is 2.32. The molecular weight excluding hydrogens is 283 g/mol. The first-order valence-electron chi connectivity index (χ1n) is 5.85. The van der Waals surface area contributed by atoms with Gasteiger partial charge in [-0.1, -0.05) is 29.3 Å². The highest BCUT2D eigenvalue weighted by atomic mass is 35.5. The average molecular weight is 297 g/mol. The smallest absolute Gasteiger partial charge is 0.134 e. The monoisotopic (exact) mass is 296 g/mol. The summed E-state index contributed by atoms with van der Waals surface area (Å²) >= 11 is 12.1. The van der Waals surface area contributed by atoms with E-state index in [0.717, 1.165) is 16.1 Å². The maximum absolute atomic E-state index is 9.30. The van der Waals surface area contributed by atoms with Crippen molar-refractivity contribution in [1.29, 1.82) is 0 Å². The van der Waals surface area contributed by atoms with Crippen molar-refractivity contribution in [3.05, 3.63) is 57.1 Å². The minimum absolute atomic E-state index is 0.0992. The Kier molecular flexibility index (Phi) is 4.35. The first-order valence-corrected chi connectivity index (χ1v) is 6.60. The van der Waals surface area contributed by atoms with Crippen molar-refractivity contribution in [3.8, 4) is 11.5 Å². The van der Waals surface area contributed by atoms with E-state index in [-0.39, 0.29) is 6.61 Å². The average Bonchev–Trinajstić information content (AvgIpc) is 2.36. The normalized spacial score (nSPS) is 10.6. The third-order valence-corrected chi connectivity index (χ3v) is 3.67. The lowest BCUT2D eigenvalue weighted by atomic mass is 10.1. The summed E-state index contributed by atoms with van der Waals surface area (Å²) in [7, 11) is 0. The third-order valence-electron chi connectivity index (χ3n) is 2.84. The largest absolute Gasteiger partial charge is 0.457 e. The number of hydrogen-bond donors (Lipinski definition) is 1. The summed E-state index contributed by atoms with van der Waals surface area (Å²) in [6.07, 6.45) is 0. The molecule has 19 heavy (non-hydrogen) atoms. The number of rotatable bonds is 3. The standard InChI is InChI=1S/C15H14Cl2O2/c1-9-5-13(6-10(2)15(9)17)19-14-7-12(16)4-3-11(14)8-18/h3-7,18H,8H2,1-2H3. The first kappa shape index (κ1) is 14.2. The first-order chi connectivity index (χ1) is 9.01. The zero-order chi connectivity index (χ0) is 14.0. The molecule has 0 unspecified atom stereocenters. The molecular formula is C15H14Cl2O2. The molecule has 4 heteroatoms. The summed E-state index contributed by atoms with van der Waals surface area (Å²) in [4.78, 5) is 0. The fourth-order valence-electron chi connectivity index (χ4n) is 1.85. The molecule has 2 aromatic rings. The third kappa shape index (κ3) is 3.21. The quantitative estimate of drug-likeness (QED) is 0.873. The molecule has 2 rings (SSSR count). The molecule has 2 aromatic carbocycles. The highest BCUT2D eigenvalue weighted by Gasteiger charge is 2.08. The van der Waals surface area contributed by atoms with Gasteiger partial charge in [-0.25, -0.2) is 0 Å². The second-order valence-electron chi connectivity index (χ2n) is 4.38. The SMILES string of the molecule is Cc1cc(Oc2cc(Cl)ccc2CO)cc(C)c1Cl. The molecule has 0 bridgehead atoms. The Hall–Kier alpha value is -1.22. The van der Waals surface area contributed by atoms with Crippen molar-refractivity contribution in [2.75, 3.05) is 0 Å². The van der Waals surface area contributed by atoms with Gasteiger partial charge in [-0.15, -0.1) is 0 Å². The van der Waals surface area contributed by atoms with Crippen molar-refractivity contribution in [3.63, 3.8) is 0 Å². The summed E-state index contributed by atoms with van der Waals surface area (Å²) in [6, 6.07) is 8.87. The molecule has 0 aliphatic rings. The van der Waals surface area contributed by atoms with Crippen LogP contribution in [0.4, 0.5) is 0 Å². The lowest BCUT2D eigenvalue weighted by molar-refractivity contribution is 0.276. The molecule has 0 fully saturated rings. The van der Waals surface area contributed by atoms with E-state index < -0.39 is 0 Å². The minimum atomic E-state index is -0.0992. The van der Waals surface area contributed by atoms with Crippen LogP contribution in [0, 0.1) is 13.8 Å². The molecule has 100 valence electrons. The maximum Gasteiger partial charge on any atom is 0.134 e. The van der Waals surface area contributed by atoms with E-state index in [9.17, 15) is 5.11 Å². The van der Waals surface area contributed by atoms with E-state index in [1.165, 1.54) is 0 Å². The van der Waals surface area contributed by atoms with E-state index in [1.54, 1.807) is 18.2 Å². The van der Waals surface area contributed by atoms with Gasteiger partial charge in [-0.2, -0.15) is 0 Å². The van der Waals surface area contributed by atoms with E-state index in [2.05, 4.69) is 0 Å². The van der Waals surface area contributed by atoms with Gasteiger partial charge in [0.1, 0.15) is 11.5 Å². The predicted octanol–water partition coefficient (Wildman–Crippen LogP) is 4.89. The Labute approximate surface area is 122 Å². The van der Waals surface area contributed by atoms with E-state index in [0.29, 0.717) is 22.1 Å². The zero-order valence-electron chi connectivity index (χ0n) is 10.7. The Balaban J connectivity index is 2.38. The summed E-state index contributed by atoms with van der Waals surface area (Å²) < 4.78 is 5.79. The molecule has 0 saturated carbocycles. The van der Waals surface area contributed by atoms with Crippen LogP contribution < -0.4 is 4.74 Å². The molecule has 2 nitrogen and oxygen atoms in total. The second-order valence-corrected chi connectivity index (χ2v) is 5.20. The number of aliphatic hydroxyl groups is 1. The lowest BCUT2D eigenvalue weighted by Gasteiger charge is -2.12. The molecule has 0 heterocycles. The van der Waals surface area contributed by atoms with E-state index >= 15 is 0 Å². The zero-order valence-corrected chi connectivity index (χ0v) is 12.2. The van der Waals surface area contributed by atoms with Crippen molar-refractivity contribution in [2.45, 2.75) is 20.5 Å². The van der Waals surface area contributed by atoms with Crippen LogP contribution in [0.5, 0.6) is 11.5 Å². The molecule has 0 aromatic heterocycles. The van der Waals surface area contributed by atoms with Crippen molar-refractivity contribution in [1.82, 2.24) is 0 Å². The number of halogens is 2. The van der Waals surface area contributed by atoms with E-state index in [1.807, 2.05) is 26.0 Å². The van der Waals surface area contributed by atoms with Crippen molar-refractivity contribution in [2.24, 2.45) is 0 Å². The van der Waals surface area contributed by atoms with Crippen molar-refractivity contribution >= 4 is 23.2 Å². The summed E-state index contributed by atoms with van der Waals surface area (Å²) in [5, 5.41) is 10.6. The number of benzene rings is 2. The fourth-order valence-corrected chi connectivity index (χ4v) is 2.12. The Morgan fingerprint density at radius 3 is 2.26 bits per heavy atom. The van der Waals surface area contributed by atoms with E-state index in [4.69, 9.17) is 27.9 Å². The Bertz CT molecular complexity index is 586. The number of ether oxygens (including phenoxy) is 1. The Morgan fingerprint density at radius 2 is 1.68 bits per heavy atom. The van der Waals surface area contributed by atoms with Gasteiger partial charge in [0.05, 0.1) is 6.61 Å². The maximum atomic E-state index is 9.30. The van der Waals surface area contributed by atoms with Gasteiger partial charge >= 0.3 is 0 Å². The fraction of sp³-hybridized carbons (Fsp3) is 0.200.